The van der Waals surface area contributed by atoms with Crippen LogP contribution < -0.4 is 0 Å². The van der Waals surface area contributed by atoms with Crippen LogP contribution in [-0.2, 0) is 43.5 Å². The van der Waals surface area contributed by atoms with Gasteiger partial charge in [-0.05, 0) is 16.7 Å². The number of ether oxygens (including phenoxy) is 5. The number of nitriles is 1. The molecule has 3 aromatic carbocycles. The number of hydrogen-bond donors (Lipinski definition) is 0. The number of benzene rings is 3. The van der Waals surface area contributed by atoms with E-state index < -0.39 is 30.5 Å². The summed E-state index contributed by atoms with van der Waals surface area (Å²) >= 11 is 0. The van der Waals surface area contributed by atoms with Crippen molar-refractivity contribution in [2.45, 2.75) is 44.4 Å². The lowest BCUT2D eigenvalue weighted by Gasteiger charge is -2.43. The van der Waals surface area contributed by atoms with Crippen LogP contribution in [0.1, 0.15) is 16.7 Å². The molecule has 0 aromatic heterocycles. The summed E-state index contributed by atoms with van der Waals surface area (Å²) in [6.45, 7) is 1.37. The molecule has 0 N–H and O–H groups in total. The van der Waals surface area contributed by atoms with Crippen molar-refractivity contribution >= 4 is 0 Å². The highest BCUT2D eigenvalue weighted by Gasteiger charge is 2.48. The first-order valence-corrected chi connectivity index (χ1v) is 11.8. The van der Waals surface area contributed by atoms with Crippen LogP contribution >= 0.6 is 0 Å². The molecule has 1 heterocycles. The van der Waals surface area contributed by atoms with Crippen LogP contribution in [0.25, 0.3) is 0 Å². The molecule has 5 atom stereocenters. The number of methoxy groups -OCH3 is 1. The predicted molar refractivity (Wildman–Crippen MR) is 131 cm³/mol. The smallest absolute Gasteiger partial charge is 0.186 e. The van der Waals surface area contributed by atoms with E-state index in [0.717, 1.165) is 16.7 Å². The molecular weight excluding hydrogens is 442 g/mol. The first-order valence-electron chi connectivity index (χ1n) is 11.8. The molecule has 0 radical (unpaired) electrons. The van der Waals surface area contributed by atoms with Crippen LogP contribution in [-0.4, -0.2) is 38.3 Å². The lowest BCUT2D eigenvalue weighted by Crippen LogP contribution is -2.57. The van der Waals surface area contributed by atoms with Gasteiger partial charge in [-0.25, -0.2) is 0 Å². The largest absolute Gasteiger partial charge is 0.374 e. The minimum absolute atomic E-state index is 0.240. The Morgan fingerprint density at radius 3 is 1.69 bits per heavy atom. The minimum atomic E-state index is -0.700. The Morgan fingerprint density at radius 2 is 1.20 bits per heavy atom. The van der Waals surface area contributed by atoms with E-state index in [-0.39, 0.29) is 6.61 Å². The Labute approximate surface area is 207 Å². The van der Waals surface area contributed by atoms with Gasteiger partial charge in [-0.1, -0.05) is 91.0 Å². The highest BCUT2D eigenvalue weighted by Crippen LogP contribution is 2.32. The van der Waals surface area contributed by atoms with Crippen LogP contribution in [0.15, 0.2) is 91.0 Å². The lowest BCUT2D eigenvalue weighted by atomic mass is 9.90. The third kappa shape index (κ3) is 6.98. The van der Waals surface area contributed by atoms with Gasteiger partial charge in [-0.3, -0.25) is 0 Å². The van der Waals surface area contributed by atoms with E-state index in [1.165, 1.54) is 0 Å². The second kappa shape index (κ2) is 13.1. The summed E-state index contributed by atoms with van der Waals surface area (Å²) in [5.74, 6) is -0.596. The van der Waals surface area contributed by atoms with Gasteiger partial charge >= 0.3 is 0 Å². The van der Waals surface area contributed by atoms with Crippen molar-refractivity contribution in [3.8, 4) is 6.07 Å². The van der Waals surface area contributed by atoms with Crippen molar-refractivity contribution in [3.05, 3.63) is 108 Å². The van der Waals surface area contributed by atoms with Crippen LogP contribution in [0.3, 0.4) is 0 Å². The van der Waals surface area contributed by atoms with Gasteiger partial charge in [0.2, 0.25) is 0 Å². The Kier molecular flexibility index (Phi) is 9.41. The molecule has 182 valence electrons. The topological polar surface area (TPSA) is 69.9 Å². The maximum atomic E-state index is 10.1. The van der Waals surface area contributed by atoms with E-state index in [1.54, 1.807) is 7.11 Å². The summed E-state index contributed by atoms with van der Waals surface area (Å²) in [5, 5.41) is 10.1. The molecule has 3 aromatic rings. The van der Waals surface area contributed by atoms with Crippen LogP contribution in [0, 0.1) is 17.2 Å². The predicted octanol–water partition coefficient (Wildman–Crippen LogP) is 4.89. The summed E-state index contributed by atoms with van der Waals surface area (Å²) < 4.78 is 30.4. The molecule has 0 saturated carbocycles. The van der Waals surface area contributed by atoms with Gasteiger partial charge < -0.3 is 23.7 Å². The fourth-order valence-electron chi connectivity index (χ4n) is 4.17. The van der Waals surface area contributed by atoms with E-state index in [9.17, 15) is 5.26 Å². The van der Waals surface area contributed by atoms with Crippen molar-refractivity contribution in [3.63, 3.8) is 0 Å². The number of hydrogen-bond acceptors (Lipinski definition) is 6. The molecule has 0 amide bonds. The van der Waals surface area contributed by atoms with Gasteiger partial charge in [0.15, 0.2) is 6.29 Å². The highest BCUT2D eigenvalue weighted by molar-refractivity contribution is 5.15. The van der Waals surface area contributed by atoms with E-state index >= 15 is 0 Å². The molecule has 0 unspecified atom stereocenters. The standard InChI is InChI=1S/C29H31NO5/c1-31-29-28(34-20-24-15-9-4-10-16-24)27(33-19-23-13-7-3-8-14-23)25(17-30)26(35-29)21-32-18-22-11-5-2-6-12-22/h2-16,25-29H,18-21H2,1H3/t25-,26-,27+,28-,29-/m1/s1. The van der Waals surface area contributed by atoms with E-state index in [0.29, 0.717) is 19.8 Å². The molecule has 0 bridgehead atoms. The third-order valence-corrected chi connectivity index (χ3v) is 6.00. The third-order valence-electron chi connectivity index (χ3n) is 6.00. The van der Waals surface area contributed by atoms with Gasteiger partial charge in [0, 0.05) is 7.11 Å². The fraction of sp³-hybridized carbons (Fsp3) is 0.345. The van der Waals surface area contributed by atoms with Crippen LogP contribution in [0.5, 0.6) is 0 Å². The van der Waals surface area contributed by atoms with Crippen molar-refractivity contribution in [1.29, 1.82) is 5.26 Å². The van der Waals surface area contributed by atoms with Crippen LogP contribution in [0.2, 0.25) is 0 Å². The normalized spacial score (nSPS) is 24.1. The molecule has 1 fully saturated rings. The van der Waals surface area contributed by atoms with Gasteiger partial charge in [-0.15, -0.1) is 0 Å². The fourth-order valence-corrected chi connectivity index (χ4v) is 4.17. The van der Waals surface area contributed by atoms with Gasteiger partial charge in [0.1, 0.15) is 24.2 Å². The molecule has 1 saturated heterocycles. The van der Waals surface area contributed by atoms with Crippen molar-refractivity contribution in [2.24, 2.45) is 5.92 Å². The molecule has 1 aliphatic rings. The Balaban J connectivity index is 1.49. The zero-order valence-electron chi connectivity index (χ0n) is 19.9. The zero-order valence-corrected chi connectivity index (χ0v) is 19.9. The number of rotatable bonds is 11. The summed E-state index contributed by atoms with van der Waals surface area (Å²) in [5.41, 5.74) is 3.09. The molecule has 1 aliphatic heterocycles. The molecule has 0 spiro atoms. The van der Waals surface area contributed by atoms with Gasteiger partial charge in [0.25, 0.3) is 0 Å². The highest BCUT2D eigenvalue weighted by atomic mass is 16.7. The number of nitrogens with zero attached hydrogens (tertiary/aromatic N) is 1. The van der Waals surface area contributed by atoms with Crippen LogP contribution in [0.4, 0.5) is 0 Å². The Bertz CT molecular complexity index is 1040. The summed E-state index contributed by atoms with van der Waals surface area (Å²) in [6.07, 6.45) is -2.37. The van der Waals surface area contributed by atoms with Gasteiger partial charge in [-0.2, -0.15) is 5.26 Å². The second-order valence-electron chi connectivity index (χ2n) is 8.46. The molecule has 35 heavy (non-hydrogen) atoms. The summed E-state index contributed by atoms with van der Waals surface area (Å²) in [4.78, 5) is 0. The average Bonchev–Trinajstić information content (AvgIpc) is 2.92. The quantitative estimate of drug-likeness (QED) is 0.395. The summed E-state index contributed by atoms with van der Waals surface area (Å²) in [6, 6.07) is 32.1. The Morgan fingerprint density at radius 1 is 0.714 bits per heavy atom. The first kappa shape index (κ1) is 25.1. The van der Waals surface area contributed by atoms with Crippen molar-refractivity contribution in [1.82, 2.24) is 0 Å². The van der Waals surface area contributed by atoms with E-state index in [1.807, 2.05) is 91.0 Å². The maximum absolute atomic E-state index is 10.1. The lowest BCUT2D eigenvalue weighted by molar-refractivity contribution is -0.298. The average molecular weight is 474 g/mol. The van der Waals surface area contributed by atoms with Crippen molar-refractivity contribution in [2.75, 3.05) is 13.7 Å². The molecule has 4 rings (SSSR count). The second-order valence-corrected chi connectivity index (χ2v) is 8.46. The van der Waals surface area contributed by atoms with E-state index in [4.69, 9.17) is 23.7 Å². The Hall–Kier alpha value is -3.05. The minimum Gasteiger partial charge on any atom is -0.374 e. The maximum Gasteiger partial charge on any atom is 0.186 e. The van der Waals surface area contributed by atoms with Gasteiger partial charge in [0.05, 0.1) is 32.5 Å². The molecule has 0 aliphatic carbocycles. The van der Waals surface area contributed by atoms with Crippen molar-refractivity contribution < 1.29 is 23.7 Å². The monoisotopic (exact) mass is 473 g/mol. The molecule has 6 heteroatoms. The summed E-state index contributed by atoms with van der Waals surface area (Å²) in [7, 11) is 1.58. The molecular formula is C29H31NO5. The zero-order chi connectivity index (χ0) is 24.3. The molecule has 6 nitrogen and oxygen atoms in total. The SMILES string of the molecule is CO[C@@H]1O[C@H](COCc2ccccc2)[C@@H](C#N)[C@H](OCc2ccccc2)[C@H]1OCc1ccccc1. The first-order chi connectivity index (χ1) is 17.3. The van der Waals surface area contributed by atoms with E-state index in [2.05, 4.69) is 6.07 Å².